The van der Waals surface area contributed by atoms with Crippen LogP contribution in [0.5, 0.6) is 5.75 Å². The average Bonchev–Trinajstić information content (AvgIpc) is 2.52. The van der Waals surface area contributed by atoms with Crippen molar-refractivity contribution in [1.82, 2.24) is 9.88 Å². The molecule has 2 rings (SSSR count). The molecular formula is C17H23CoN3O. The first-order valence-corrected chi connectivity index (χ1v) is 7.12. The summed E-state index contributed by atoms with van der Waals surface area (Å²) in [6.45, 7) is 2.78. The normalized spacial score (nSPS) is 10.2. The van der Waals surface area contributed by atoms with Crippen LogP contribution in [0, 0.1) is 0 Å². The van der Waals surface area contributed by atoms with Crippen LogP contribution >= 0.6 is 0 Å². The molecule has 0 amide bonds. The molecule has 0 fully saturated rings. The summed E-state index contributed by atoms with van der Waals surface area (Å²) >= 11 is 0. The zero-order chi connectivity index (χ0) is 15.1. The SMILES string of the molecule is COc1ccc(CN(CCN(C)C)c2ccccn2)cc1.[Co]. The molecule has 0 aliphatic carbocycles. The van der Waals surface area contributed by atoms with Crippen LogP contribution in [0.1, 0.15) is 5.56 Å². The number of methoxy groups -OCH3 is 1. The van der Waals surface area contributed by atoms with Crippen molar-refractivity contribution in [3.63, 3.8) is 0 Å². The van der Waals surface area contributed by atoms with E-state index in [4.69, 9.17) is 4.74 Å². The summed E-state index contributed by atoms with van der Waals surface area (Å²) in [6, 6.07) is 14.2. The fourth-order valence-electron chi connectivity index (χ4n) is 2.09. The molecule has 1 radical (unpaired) electrons. The molecule has 22 heavy (non-hydrogen) atoms. The van der Waals surface area contributed by atoms with E-state index in [1.165, 1.54) is 5.56 Å². The standard InChI is InChI=1S/C17H23N3O.Co/c1-19(2)12-13-20(17-6-4-5-11-18-17)14-15-7-9-16(21-3)10-8-15;/h4-11H,12-14H2,1-3H3;. The Labute approximate surface area is 143 Å². The van der Waals surface area contributed by atoms with Gasteiger partial charge in [-0.2, -0.15) is 0 Å². The summed E-state index contributed by atoms with van der Waals surface area (Å²) in [7, 11) is 5.86. The van der Waals surface area contributed by atoms with E-state index in [9.17, 15) is 0 Å². The zero-order valence-corrected chi connectivity index (χ0v) is 14.4. The van der Waals surface area contributed by atoms with Crippen molar-refractivity contribution in [2.75, 3.05) is 39.2 Å². The van der Waals surface area contributed by atoms with Gasteiger partial charge in [0, 0.05) is 42.6 Å². The van der Waals surface area contributed by atoms with Gasteiger partial charge in [-0.25, -0.2) is 4.98 Å². The minimum absolute atomic E-state index is 0. The molecule has 121 valence electrons. The third kappa shape index (κ3) is 5.67. The number of rotatable bonds is 7. The molecule has 0 spiro atoms. The number of anilines is 1. The van der Waals surface area contributed by atoms with Crippen molar-refractivity contribution in [3.05, 3.63) is 54.2 Å². The molecule has 0 atom stereocenters. The minimum atomic E-state index is 0. The zero-order valence-electron chi connectivity index (χ0n) is 13.3. The minimum Gasteiger partial charge on any atom is -0.497 e. The van der Waals surface area contributed by atoms with E-state index in [1.54, 1.807) is 7.11 Å². The first-order valence-electron chi connectivity index (χ1n) is 7.12. The summed E-state index contributed by atoms with van der Waals surface area (Å²) in [5, 5.41) is 0. The molecule has 0 aliphatic heterocycles. The van der Waals surface area contributed by atoms with Gasteiger partial charge in [-0.05, 0) is 43.9 Å². The molecule has 0 aliphatic rings. The molecule has 2 aromatic rings. The summed E-state index contributed by atoms with van der Waals surface area (Å²) in [4.78, 5) is 8.95. The van der Waals surface area contributed by atoms with E-state index < -0.39 is 0 Å². The van der Waals surface area contributed by atoms with Crippen LogP contribution in [0.2, 0.25) is 0 Å². The third-order valence-electron chi connectivity index (χ3n) is 3.32. The molecular weight excluding hydrogens is 321 g/mol. The molecule has 1 aromatic heterocycles. The molecule has 5 heteroatoms. The van der Waals surface area contributed by atoms with Crippen molar-refractivity contribution in [1.29, 1.82) is 0 Å². The van der Waals surface area contributed by atoms with Crippen LogP contribution in [0.15, 0.2) is 48.7 Å². The number of likely N-dealkylation sites (N-methyl/N-ethyl adjacent to an activating group) is 1. The maximum atomic E-state index is 5.21. The van der Waals surface area contributed by atoms with Crippen LogP contribution in [-0.4, -0.2) is 44.2 Å². The molecule has 0 unspecified atom stereocenters. The van der Waals surface area contributed by atoms with E-state index in [-0.39, 0.29) is 16.8 Å². The van der Waals surface area contributed by atoms with Crippen LogP contribution in [0.25, 0.3) is 0 Å². The summed E-state index contributed by atoms with van der Waals surface area (Å²) in [5.41, 5.74) is 1.25. The Kier molecular flexibility index (Phi) is 7.94. The Hall–Kier alpha value is -1.56. The first kappa shape index (κ1) is 18.5. The number of nitrogens with zero attached hydrogens (tertiary/aromatic N) is 3. The van der Waals surface area contributed by atoms with Gasteiger partial charge in [-0.3, -0.25) is 0 Å². The van der Waals surface area contributed by atoms with Gasteiger partial charge in [0.05, 0.1) is 7.11 Å². The number of hydrogen-bond acceptors (Lipinski definition) is 4. The van der Waals surface area contributed by atoms with Crippen molar-refractivity contribution in [2.45, 2.75) is 6.54 Å². The predicted octanol–water partition coefficient (Wildman–Crippen LogP) is 2.66. The second-order valence-corrected chi connectivity index (χ2v) is 5.26. The molecule has 0 bridgehead atoms. The fraction of sp³-hybridized carbons (Fsp3) is 0.353. The van der Waals surface area contributed by atoms with Crippen LogP contribution in [-0.2, 0) is 23.3 Å². The largest absolute Gasteiger partial charge is 0.497 e. The maximum Gasteiger partial charge on any atom is 0.128 e. The summed E-state index contributed by atoms with van der Waals surface area (Å²) in [5.74, 6) is 1.89. The van der Waals surface area contributed by atoms with Crippen LogP contribution in [0.3, 0.4) is 0 Å². The molecule has 1 aromatic carbocycles. The van der Waals surface area contributed by atoms with Crippen molar-refractivity contribution >= 4 is 5.82 Å². The molecule has 0 saturated carbocycles. The number of benzene rings is 1. The smallest absolute Gasteiger partial charge is 0.128 e. The molecule has 4 nitrogen and oxygen atoms in total. The van der Waals surface area contributed by atoms with Gasteiger partial charge in [-0.1, -0.05) is 18.2 Å². The first-order chi connectivity index (χ1) is 10.2. The average molecular weight is 344 g/mol. The second kappa shape index (κ2) is 9.45. The summed E-state index contributed by atoms with van der Waals surface area (Å²) < 4.78 is 5.21. The summed E-state index contributed by atoms with van der Waals surface area (Å²) in [6.07, 6.45) is 1.84. The Morgan fingerprint density at radius 2 is 1.73 bits per heavy atom. The molecule has 0 saturated heterocycles. The van der Waals surface area contributed by atoms with Gasteiger partial charge in [-0.15, -0.1) is 0 Å². The van der Waals surface area contributed by atoms with E-state index in [0.29, 0.717) is 0 Å². The number of pyridine rings is 1. The van der Waals surface area contributed by atoms with E-state index in [0.717, 1.165) is 31.2 Å². The van der Waals surface area contributed by atoms with Gasteiger partial charge in [0.1, 0.15) is 11.6 Å². The van der Waals surface area contributed by atoms with Crippen molar-refractivity contribution in [3.8, 4) is 5.75 Å². The predicted molar refractivity (Wildman–Crippen MR) is 86.8 cm³/mol. The van der Waals surface area contributed by atoms with E-state index in [2.05, 4.69) is 47.1 Å². The van der Waals surface area contributed by atoms with Gasteiger partial charge in [0.15, 0.2) is 0 Å². The van der Waals surface area contributed by atoms with E-state index in [1.807, 2.05) is 30.5 Å². The second-order valence-electron chi connectivity index (χ2n) is 5.26. The monoisotopic (exact) mass is 344 g/mol. The van der Waals surface area contributed by atoms with E-state index >= 15 is 0 Å². The van der Waals surface area contributed by atoms with Gasteiger partial charge in [0.2, 0.25) is 0 Å². The van der Waals surface area contributed by atoms with Crippen LogP contribution < -0.4 is 9.64 Å². The Morgan fingerprint density at radius 1 is 1.00 bits per heavy atom. The third-order valence-corrected chi connectivity index (χ3v) is 3.32. The molecule has 1 heterocycles. The number of hydrogen-bond donors (Lipinski definition) is 0. The van der Waals surface area contributed by atoms with Gasteiger partial charge >= 0.3 is 0 Å². The topological polar surface area (TPSA) is 28.6 Å². The van der Waals surface area contributed by atoms with Gasteiger partial charge < -0.3 is 14.5 Å². The van der Waals surface area contributed by atoms with Crippen molar-refractivity contribution in [2.24, 2.45) is 0 Å². The van der Waals surface area contributed by atoms with Crippen LogP contribution in [0.4, 0.5) is 5.82 Å². The Balaban J connectivity index is 0.00000242. The number of ether oxygens (including phenoxy) is 1. The van der Waals surface area contributed by atoms with Gasteiger partial charge in [0.25, 0.3) is 0 Å². The molecule has 0 N–H and O–H groups in total. The fourth-order valence-corrected chi connectivity index (χ4v) is 2.09. The maximum absolute atomic E-state index is 5.21. The quantitative estimate of drug-likeness (QED) is 0.772. The Morgan fingerprint density at radius 3 is 2.27 bits per heavy atom. The van der Waals surface area contributed by atoms with Crippen molar-refractivity contribution < 1.29 is 21.5 Å². The Bertz CT molecular complexity index is 531. The number of aromatic nitrogens is 1.